The van der Waals surface area contributed by atoms with E-state index < -0.39 is 15.6 Å². The van der Waals surface area contributed by atoms with Gasteiger partial charge in [0.05, 0.1) is 4.90 Å². The predicted octanol–water partition coefficient (Wildman–Crippen LogP) is 2.30. The van der Waals surface area contributed by atoms with Crippen LogP contribution in [0.2, 0.25) is 0 Å². The van der Waals surface area contributed by atoms with Gasteiger partial charge in [-0.2, -0.15) is 0 Å². The molecule has 0 atom stereocenters. The number of ether oxygens (including phenoxy) is 1. The summed E-state index contributed by atoms with van der Waals surface area (Å²) in [6.45, 7) is 3.11. The van der Waals surface area contributed by atoms with E-state index in [4.69, 9.17) is 4.74 Å². The molecule has 0 aliphatic carbocycles. The number of rotatable bonds is 3. The van der Waals surface area contributed by atoms with Crippen LogP contribution < -0.4 is 4.72 Å². The average molecular weight is 334 g/mol. The molecule has 1 aliphatic heterocycles. The summed E-state index contributed by atoms with van der Waals surface area (Å²) in [5, 5.41) is 0. The van der Waals surface area contributed by atoms with E-state index in [1.807, 2.05) is 6.92 Å². The minimum absolute atomic E-state index is 0.276. The normalized spacial score (nSPS) is 19.7. The van der Waals surface area contributed by atoms with Crippen molar-refractivity contribution >= 4 is 26.0 Å². The molecule has 1 aromatic carbocycles. The zero-order valence-electron chi connectivity index (χ0n) is 10.1. The second-order valence-electron chi connectivity index (χ2n) is 4.71. The summed E-state index contributed by atoms with van der Waals surface area (Å²) < 4.78 is 33.3. The maximum atomic E-state index is 12.3. The average Bonchev–Trinajstić information content (AvgIpc) is 2.28. The minimum atomic E-state index is -3.50. The molecule has 18 heavy (non-hydrogen) atoms. The van der Waals surface area contributed by atoms with Crippen LogP contribution in [-0.4, -0.2) is 27.2 Å². The third kappa shape index (κ3) is 3.12. The van der Waals surface area contributed by atoms with Crippen molar-refractivity contribution in [1.29, 1.82) is 0 Å². The first-order chi connectivity index (χ1) is 8.43. The summed E-state index contributed by atoms with van der Waals surface area (Å²) in [7, 11) is -3.50. The molecule has 1 aliphatic rings. The van der Waals surface area contributed by atoms with Gasteiger partial charge >= 0.3 is 0 Å². The fourth-order valence-corrected chi connectivity index (χ4v) is 4.44. The van der Waals surface area contributed by atoms with E-state index in [2.05, 4.69) is 20.7 Å². The summed E-state index contributed by atoms with van der Waals surface area (Å²) in [6.07, 6.45) is 1.38. The number of sulfonamides is 1. The number of hydrogen-bond donors (Lipinski definition) is 1. The van der Waals surface area contributed by atoms with Crippen molar-refractivity contribution in [3.8, 4) is 0 Å². The van der Waals surface area contributed by atoms with E-state index in [0.717, 1.165) is 0 Å². The molecule has 6 heteroatoms. The Morgan fingerprint density at radius 1 is 1.28 bits per heavy atom. The first-order valence-corrected chi connectivity index (χ1v) is 8.07. The van der Waals surface area contributed by atoms with Crippen LogP contribution in [0.25, 0.3) is 0 Å². The van der Waals surface area contributed by atoms with E-state index in [0.29, 0.717) is 30.5 Å². The molecule has 1 aromatic rings. The topological polar surface area (TPSA) is 55.4 Å². The van der Waals surface area contributed by atoms with Crippen molar-refractivity contribution in [2.75, 3.05) is 13.2 Å². The van der Waals surface area contributed by atoms with Crippen LogP contribution in [0, 0.1) is 0 Å². The molecule has 0 unspecified atom stereocenters. The highest BCUT2D eigenvalue weighted by atomic mass is 79.9. The summed E-state index contributed by atoms with van der Waals surface area (Å²) in [5.41, 5.74) is -0.424. The van der Waals surface area contributed by atoms with Gasteiger partial charge < -0.3 is 4.74 Å². The van der Waals surface area contributed by atoms with Crippen molar-refractivity contribution in [2.45, 2.75) is 30.2 Å². The third-order valence-electron chi connectivity index (χ3n) is 3.10. The molecule has 1 N–H and O–H groups in total. The highest BCUT2D eigenvalue weighted by Gasteiger charge is 2.33. The van der Waals surface area contributed by atoms with Gasteiger partial charge in [0.2, 0.25) is 10.0 Å². The lowest BCUT2D eigenvalue weighted by atomic mass is 9.94. The standard InChI is InChI=1S/C12H16BrNO3S/c1-12(6-8-17-9-7-12)14-18(15,16)11-5-3-2-4-10(11)13/h2-5,14H,6-9H2,1H3. The van der Waals surface area contributed by atoms with Gasteiger partial charge in [-0.1, -0.05) is 12.1 Å². The molecule has 0 aromatic heterocycles. The van der Waals surface area contributed by atoms with Crippen LogP contribution in [0.5, 0.6) is 0 Å². The van der Waals surface area contributed by atoms with Crippen LogP contribution in [0.1, 0.15) is 19.8 Å². The van der Waals surface area contributed by atoms with E-state index in [1.54, 1.807) is 24.3 Å². The summed E-state index contributed by atoms with van der Waals surface area (Å²) >= 11 is 3.27. The van der Waals surface area contributed by atoms with Gasteiger partial charge in [0, 0.05) is 23.2 Å². The van der Waals surface area contributed by atoms with Crippen molar-refractivity contribution < 1.29 is 13.2 Å². The molecule has 0 radical (unpaired) electrons. The number of benzene rings is 1. The van der Waals surface area contributed by atoms with Crippen molar-refractivity contribution in [3.63, 3.8) is 0 Å². The molecule has 0 bridgehead atoms. The van der Waals surface area contributed by atoms with Gasteiger partial charge in [0.15, 0.2) is 0 Å². The largest absolute Gasteiger partial charge is 0.381 e. The SMILES string of the molecule is CC1(NS(=O)(=O)c2ccccc2Br)CCOCC1. The zero-order chi connectivity index (χ0) is 13.2. The highest BCUT2D eigenvalue weighted by Crippen LogP contribution is 2.26. The lowest BCUT2D eigenvalue weighted by Gasteiger charge is -2.34. The molecule has 2 rings (SSSR count). The number of nitrogens with one attached hydrogen (secondary N) is 1. The zero-order valence-corrected chi connectivity index (χ0v) is 12.6. The van der Waals surface area contributed by atoms with Crippen LogP contribution in [0.15, 0.2) is 33.6 Å². The van der Waals surface area contributed by atoms with Gasteiger partial charge in [-0.25, -0.2) is 13.1 Å². The molecular formula is C12H16BrNO3S. The van der Waals surface area contributed by atoms with Gasteiger partial charge in [0.1, 0.15) is 0 Å². The Kier molecular flexibility index (Phi) is 4.11. The van der Waals surface area contributed by atoms with Crippen LogP contribution in [0.4, 0.5) is 0 Å². The van der Waals surface area contributed by atoms with Gasteiger partial charge in [-0.3, -0.25) is 0 Å². The first kappa shape index (κ1) is 14.0. The molecular weight excluding hydrogens is 318 g/mol. The van der Waals surface area contributed by atoms with Crippen molar-refractivity contribution in [3.05, 3.63) is 28.7 Å². The fraction of sp³-hybridized carbons (Fsp3) is 0.500. The Morgan fingerprint density at radius 3 is 2.50 bits per heavy atom. The maximum absolute atomic E-state index is 12.3. The van der Waals surface area contributed by atoms with E-state index in [-0.39, 0.29) is 4.90 Å². The smallest absolute Gasteiger partial charge is 0.242 e. The molecule has 1 fully saturated rings. The summed E-state index contributed by atoms with van der Waals surface area (Å²) in [6, 6.07) is 6.82. The van der Waals surface area contributed by atoms with Crippen molar-refractivity contribution in [1.82, 2.24) is 4.72 Å². The van der Waals surface area contributed by atoms with Gasteiger partial charge in [-0.15, -0.1) is 0 Å². The highest BCUT2D eigenvalue weighted by molar-refractivity contribution is 9.10. The Bertz CT molecular complexity index is 524. The minimum Gasteiger partial charge on any atom is -0.381 e. The maximum Gasteiger partial charge on any atom is 0.242 e. The second-order valence-corrected chi connectivity index (χ2v) is 7.21. The monoisotopic (exact) mass is 333 g/mol. The molecule has 1 saturated heterocycles. The van der Waals surface area contributed by atoms with Crippen molar-refractivity contribution in [2.24, 2.45) is 0 Å². The van der Waals surface area contributed by atoms with E-state index in [9.17, 15) is 8.42 Å². The first-order valence-electron chi connectivity index (χ1n) is 5.79. The third-order valence-corrected chi connectivity index (χ3v) is 5.75. The van der Waals surface area contributed by atoms with Crippen LogP contribution in [0.3, 0.4) is 0 Å². The number of halogens is 1. The molecule has 0 spiro atoms. The lowest BCUT2D eigenvalue weighted by molar-refractivity contribution is 0.0537. The van der Waals surface area contributed by atoms with E-state index in [1.165, 1.54) is 0 Å². The van der Waals surface area contributed by atoms with E-state index >= 15 is 0 Å². The number of hydrogen-bond acceptors (Lipinski definition) is 3. The Labute approximate surface area is 116 Å². The Hall–Kier alpha value is -0.430. The Balaban J connectivity index is 2.25. The quantitative estimate of drug-likeness (QED) is 0.923. The molecule has 0 amide bonds. The predicted molar refractivity (Wildman–Crippen MR) is 72.9 cm³/mol. The second kappa shape index (κ2) is 5.28. The molecule has 100 valence electrons. The van der Waals surface area contributed by atoms with Gasteiger partial charge in [-0.05, 0) is 47.8 Å². The molecule has 1 heterocycles. The molecule has 0 saturated carbocycles. The van der Waals surface area contributed by atoms with Crippen LogP contribution >= 0.6 is 15.9 Å². The molecule has 4 nitrogen and oxygen atoms in total. The van der Waals surface area contributed by atoms with Crippen LogP contribution in [-0.2, 0) is 14.8 Å². The van der Waals surface area contributed by atoms with Gasteiger partial charge in [0.25, 0.3) is 0 Å². The fourth-order valence-electron chi connectivity index (χ4n) is 1.97. The summed E-state index contributed by atoms with van der Waals surface area (Å²) in [5.74, 6) is 0. The lowest BCUT2D eigenvalue weighted by Crippen LogP contribution is -2.49. The summed E-state index contributed by atoms with van der Waals surface area (Å²) in [4.78, 5) is 0.276. The Morgan fingerprint density at radius 2 is 1.89 bits per heavy atom.